The quantitative estimate of drug-likeness (QED) is 0.785. The molecule has 0 bridgehead atoms. The predicted octanol–water partition coefficient (Wildman–Crippen LogP) is 4.18. The zero-order valence-electron chi connectivity index (χ0n) is 11.6. The molecule has 3 rings (SSSR count). The van der Waals surface area contributed by atoms with Gasteiger partial charge in [-0.15, -0.1) is 0 Å². The van der Waals surface area contributed by atoms with Crippen molar-refractivity contribution >= 4 is 43.2 Å². The van der Waals surface area contributed by atoms with Crippen LogP contribution in [-0.2, 0) is 22.9 Å². The van der Waals surface area contributed by atoms with Crippen molar-refractivity contribution in [3.8, 4) is 0 Å². The Bertz CT molecular complexity index is 824. The van der Waals surface area contributed by atoms with Gasteiger partial charge in [0.1, 0.15) is 10.0 Å². The van der Waals surface area contributed by atoms with Crippen LogP contribution in [0.5, 0.6) is 0 Å². The largest absolute Gasteiger partial charge is 0.279 e. The molecule has 0 saturated heterocycles. The van der Waals surface area contributed by atoms with Crippen molar-refractivity contribution in [2.24, 2.45) is 0 Å². The molecule has 1 aromatic heterocycles. The SMILES string of the molecule is O=S(=O)(Nc1cccc2c1CCCC2)c1cnc(Cl)c(Br)c1. The van der Waals surface area contributed by atoms with Crippen molar-refractivity contribution in [2.45, 2.75) is 30.6 Å². The number of benzene rings is 1. The van der Waals surface area contributed by atoms with Gasteiger partial charge in [0.05, 0.1) is 10.2 Å². The molecule has 0 spiro atoms. The number of fused-ring (bicyclic) bond motifs is 1. The normalized spacial score (nSPS) is 14.5. The molecule has 1 heterocycles. The molecule has 116 valence electrons. The van der Waals surface area contributed by atoms with Gasteiger partial charge in [0.15, 0.2) is 0 Å². The molecule has 1 aliphatic carbocycles. The zero-order valence-corrected chi connectivity index (χ0v) is 14.8. The van der Waals surface area contributed by atoms with Gasteiger partial charge < -0.3 is 0 Å². The number of rotatable bonds is 3. The topological polar surface area (TPSA) is 59.1 Å². The first-order valence-electron chi connectivity index (χ1n) is 6.92. The first kappa shape index (κ1) is 15.8. The predicted molar refractivity (Wildman–Crippen MR) is 90.8 cm³/mol. The number of nitrogens with zero attached hydrogens (tertiary/aromatic N) is 1. The third kappa shape index (κ3) is 3.14. The lowest BCUT2D eigenvalue weighted by Crippen LogP contribution is -2.16. The summed E-state index contributed by atoms with van der Waals surface area (Å²) in [5.41, 5.74) is 2.98. The number of aromatic nitrogens is 1. The van der Waals surface area contributed by atoms with Crippen LogP contribution in [0.25, 0.3) is 0 Å². The van der Waals surface area contributed by atoms with Gasteiger partial charge >= 0.3 is 0 Å². The molecule has 0 aliphatic heterocycles. The van der Waals surface area contributed by atoms with Gasteiger partial charge in [-0.1, -0.05) is 23.7 Å². The minimum absolute atomic E-state index is 0.0807. The van der Waals surface area contributed by atoms with E-state index in [1.807, 2.05) is 6.07 Å². The maximum Gasteiger partial charge on any atom is 0.263 e. The second-order valence-corrected chi connectivity index (χ2v) is 8.09. The molecule has 0 fully saturated rings. The molecule has 1 aromatic carbocycles. The molecule has 2 aromatic rings. The van der Waals surface area contributed by atoms with Gasteiger partial charge in [0.2, 0.25) is 0 Å². The van der Waals surface area contributed by atoms with Gasteiger partial charge in [0.25, 0.3) is 10.0 Å². The maximum absolute atomic E-state index is 12.5. The van der Waals surface area contributed by atoms with E-state index in [0.717, 1.165) is 31.2 Å². The highest BCUT2D eigenvalue weighted by atomic mass is 79.9. The summed E-state index contributed by atoms with van der Waals surface area (Å²) in [4.78, 5) is 3.95. The molecule has 22 heavy (non-hydrogen) atoms. The van der Waals surface area contributed by atoms with Crippen molar-refractivity contribution in [3.05, 3.63) is 51.2 Å². The van der Waals surface area contributed by atoms with Gasteiger partial charge in [0, 0.05) is 6.20 Å². The second-order valence-electron chi connectivity index (χ2n) is 5.20. The number of pyridine rings is 1. The van der Waals surface area contributed by atoms with Crippen LogP contribution in [0.1, 0.15) is 24.0 Å². The van der Waals surface area contributed by atoms with E-state index in [1.165, 1.54) is 17.8 Å². The lowest BCUT2D eigenvalue weighted by Gasteiger charge is -2.20. The Balaban J connectivity index is 1.96. The number of hydrogen-bond donors (Lipinski definition) is 1. The van der Waals surface area contributed by atoms with E-state index in [-0.39, 0.29) is 10.0 Å². The molecule has 1 aliphatic rings. The fraction of sp³-hybridized carbons (Fsp3) is 0.267. The van der Waals surface area contributed by atoms with Crippen LogP contribution in [0.15, 0.2) is 39.8 Å². The molecule has 0 atom stereocenters. The Labute approximate surface area is 143 Å². The fourth-order valence-corrected chi connectivity index (χ4v) is 4.30. The summed E-state index contributed by atoms with van der Waals surface area (Å²) >= 11 is 9.01. The lowest BCUT2D eigenvalue weighted by atomic mass is 9.91. The van der Waals surface area contributed by atoms with Gasteiger partial charge in [-0.2, -0.15) is 0 Å². The number of hydrogen-bond acceptors (Lipinski definition) is 3. The summed E-state index contributed by atoms with van der Waals surface area (Å²) in [6.07, 6.45) is 5.39. The Morgan fingerprint density at radius 1 is 1.23 bits per heavy atom. The molecule has 0 saturated carbocycles. The molecular formula is C15H14BrClN2O2S. The molecule has 1 N–H and O–H groups in total. The fourth-order valence-electron chi connectivity index (χ4n) is 2.63. The van der Waals surface area contributed by atoms with Crippen LogP contribution in [0.2, 0.25) is 5.15 Å². The number of halogens is 2. The van der Waals surface area contributed by atoms with Crippen molar-refractivity contribution < 1.29 is 8.42 Å². The third-order valence-electron chi connectivity index (χ3n) is 3.72. The Morgan fingerprint density at radius 3 is 2.77 bits per heavy atom. The van der Waals surface area contributed by atoms with Crippen LogP contribution in [0.3, 0.4) is 0 Å². The summed E-state index contributed by atoms with van der Waals surface area (Å²) in [5, 5.41) is 0.232. The van der Waals surface area contributed by atoms with Gasteiger partial charge in [-0.3, -0.25) is 4.72 Å². The highest BCUT2D eigenvalue weighted by Crippen LogP contribution is 2.30. The Hall–Kier alpha value is -1.11. The zero-order chi connectivity index (χ0) is 15.7. The first-order chi connectivity index (χ1) is 10.5. The van der Waals surface area contributed by atoms with Gasteiger partial charge in [-0.25, -0.2) is 13.4 Å². The number of nitrogens with one attached hydrogen (secondary N) is 1. The van der Waals surface area contributed by atoms with Crippen molar-refractivity contribution in [2.75, 3.05) is 4.72 Å². The Kier molecular flexibility index (Phi) is 4.43. The van der Waals surface area contributed by atoms with Crippen molar-refractivity contribution in [1.29, 1.82) is 0 Å². The first-order valence-corrected chi connectivity index (χ1v) is 9.57. The minimum Gasteiger partial charge on any atom is -0.279 e. The summed E-state index contributed by atoms with van der Waals surface area (Å²) in [6, 6.07) is 7.21. The Morgan fingerprint density at radius 2 is 2.00 bits per heavy atom. The van der Waals surface area contributed by atoms with E-state index in [4.69, 9.17) is 11.6 Å². The monoisotopic (exact) mass is 400 g/mol. The second kappa shape index (κ2) is 6.18. The highest BCUT2D eigenvalue weighted by Gasteiger charge is 2.20. The standard InChI is InChI=1S/C15H14BrClN2O2S/c16-13-8-11(9-18-15(13)17)22(20,21)19-14-7-3-5-10-4-1-2-6-12(10)14/h3,5,7-9,19H,1-2,4,6H2. The minimum atomic E-state index is -3.69. The summed E-state index contributed by atoms with van der Waals surface area (Å²) < 4.78 is 28.2. The molecular weight excluding hydrogens is 388 g/mol. The molecule has 0 radical (unpaired) electrons. The molecule has 4 nitrogen and oxygen atoms in total. The number of aryl methyl sites for hydroxylation is 1. The summed E-state index contributed by atoms with van der Waals surface area (Å²) in [5.74, 6) is 0. The average Bonchev–Trinajstić information content (AvgIpc) is 2.50. The van der Waals surface area contributed by atoms with E-state index in [9.17, 15) is 8.42 Å². The van der Waals surface area contributed by atoms with E-state index in [0.29, 0.717) is 10.2 Å². The van der Waals surface area contributed by atoms with Crippen LogP contribution in [0.4, 0.5) is 5.69 Å². The van der Waals surface area contributed by atoms with Gasteiger partial charge in [-0.05, 0) is 64.9 Å². The number of sulfonamides is 1. The van der Waals surface area contributed by atoms with E-state index in [1.54, 1.807) is 6.07 Å². The molecule has 0 unspecified atom stereocenters. The highest BCUT2D eigenvalue weighted by molar-refractivity contribution is 9.10. The van der Waals surface area contributed by atoms with Crippen LogP contribution >= 0.6 is 27.5 Å². The lowest BCUT2D eigenvalue weighted by molar-refractivity contribution is 0.600. The average molecular weight is 402 g/mol. The van der Waals surface area contributed by atoms with Crippen molar-refractivity contribution in [3.63, 3.8) is 0 Å². The maximum atomic E-state index is 12.5. The molecule has 7 heteroatoms. The number of anilines is 1. The van der Waals surface area contributed by atoms with E-state index >= 15 is 0 Å². The summed E-state index contributed by atoms with van der Waals surface area (Å²) in [7, 11) is -3.69. The van der Waals surface area contributed by atoms with Crippen LogP contribution in [0, 0.1) is 0 Å². The smallest absolute Gasteiger partial charge is 0.263 e. The third-order valence-corrected chi connectivity index (χ3v) is 6.19. The summed E-state index contributed by atoms with van der Waals surface area (Å²) in [6.45, 7) is 0. The van der Waals surface area contributed by atoms with E-state index in [2.05, 4.69) is 31.7 Å². The van der Waals surface area contributed by atoms with E-state index < -0.39 is 10.0 Å². The van der Waals surface area contributed by atoms with Crippen molar-refractivity contribution in [1.82, 2.24) is 4.98 Å². The van der Waals surface area contributed by atoms with Crippen LogP contribution < -0.4 is 4.72 Å². The van der Waals surface area contributed by atoms with Crippen LogP contribution in [-0.4, -0.2) is 13.4 Å². The molecule has 0 amide bonds.